The lowest BCUT2D eigenvalue weighted by molar-refractivity contribution is -0.136. The lowest BCUT2D eigenvalue weighted by Gasteiger charge is -2.15. The first-order chi connectivity index (χ1) is 8.13. The van der Waals surface area contributed by atoms with Gasteiger partial charge in [0, 0.05) is 0 Å². The van der Waals surface area contributed by atoms with E-state index in [-0.39, 0.29) is 19.1 Å². The van der Waals surface area contributed by atoms with Crippen molar-refractivity contribution < 1.29 is 15.0 Å². The van der Waals surface area contributed by atoms with Crippen molar-refractivity contribution in [2.75, 3.05) is 6.61 Å². The van der Waals surface area contributed by atoms with Crippen molar-refractivity contribution in [3.05, 3.63) is 11.4 Å². The molecule has 0 bridgehead atoms. The molecule has 1 rings (SSSR count). The topological polar surface area (TPSA) is 88.2 Å². The van der Waals surface area contributed by atoms with Crippen molar-refractivity contribution in [2.45, 2.75) is 45.6 Å². The van der Waals surface area contributed by atoms with Crippen LogP contribution in [0.3, 0.4) is 0 Å². The molecule has 1 unspecified atom stereocenters. The average Bonchev–Trinajstić information content (AvgIpc) is 2.64. The van der Waals surface area contributed by atoms with E-state index in [0.29, 0.717) is 5.69 Å². The van der Waals surface area contributed by atoms with Crippen LogP contribution in [-0.2, 0) is 17.6 Å². The number of aliphatic carboxylic acids is 1. The predicted octanol–water partition coefficient (Wildman–Crippen LogP) is 0.801. The van der Waals surface area contributed by atoms with Gasteiger partial charge in [-0.15, -0.1) is 5.10 Å². The third kappa shape index (κ3) is 3.26. The van der Waals surface area contributed by atoms with Crippen molar-refractivity contribution in [1.29, 1.82) is 0 Å². The number of aromatic nitrogens is 3. The fraction of sp³-hybridized carbons (Fsp3) is 0.727. The first kappa shape index (κ1) is 13.6. The van der Waals surface area contributed by atoms with Gasteiger partial charge in [0.1, 0.15) is 0 Å². The van der Waals surface area contributed by atoms with Gasteiger partial charge in [-0.05, 0) is 12.8 Å². The molecule has 0 aliphatic rings. The molecular weight excluding hydrogens is 222 g/mol. The second kappa shape index (κ2) is 6.34. The van der Waals surface area contributed by atoms with Crippen LogP contribution in [0.25, 0.3) is 0 Å². The van der Waals surface area contributed by atoms with Crippen LogP contribution in [0.4, 0.5) is 0 Å². The maximum Gasteiger partial charge on any atom is 0.309 e. The molecule has 0 saturated carbocycles. The van der Waals surface area contributed by atoms with Gasteiger partial charge in [0.25, 0.3) is 0 Å². The lowest BCUT2D eigenvalue weighted by Crippen LogP contribution is -2.17. The molecule has 2 N–H and O–H groups in total. The summed E-state index contributed by atoms with van der Waals surface area (Å²) in [5.74, 6) is -0.911. The van der Waals surface area contributed by atoms with Crippen molar-refractivity contribution in [3.63, 3.8) is 0 Å². The minimum absolute atomic E-state index is 0.0108. The van der Waals surface area contributed by atoms with E-state index in [0.717, 1.165) is 25.0 Å². The van der Waals surface area contributed by atoms with Gasteiger partial charge in [-0.3, -0.25) is 4.79 Å². The molecule has 6 heteroatoms. The van der Waals surface area contributed by atoms with Gasteiger partial charge in [0.2, 0.25) is 0 Å². The van der Waals surface area contributed by atoms with Crippen molar-refractivity contribution in [2.24, 2.45) is 0 Å². The standard InChI is InChI=1S/C11H19N3O3/c1-3-5-10-9(6-11(16)17)12-13-14(10)8(4-2)7-15/h8,15H,3-7H2,1-2H3,(H,16,17). The molecule has 0 radical (unpaired) electrons. The highest BCUT2D eigenvalue weighted by atomic mass is 16.4. The largest absolute Gasteiger partial charge is 0.481 e. The molecular formula is C11H19N3O3. The maximum absolute atomic E-state index is 10.7. The van der Waals surface area contributed by atoms with Crippen LogP contribution in [0.5, 0.6) is 0 Å². The van der Waals surface area contributed by atoms with Crippen LogP contribution in [0.15, 0.2) is 0 Å². The van der Waals surface area contributed by atoms with E-state index in [1.807, 2.05) is 13.8 Å². The lowest BCUT2D eigenvalue weighted by atomic mass is 10.1. The minimum atomic E-state index is -0.911. The Hall–Kier alpha value is -1.43. The van der Waals surface area contributed by atoms with Gasteiger partial charge in [-0.1, -0.05) is 25.5 Å². The third-order valence-electron chi connectivity index (χ3n) is 2.70. The molecule has 0 fully saturated rings. The van der Waals surface area contributed by atoms with Crippen molar-refractivity contribution in [3.8, 4) is 0 Å². The molecule has 0 amide bonds. The number of carbonyl (C=O) groups is 1. The van der Waals surface area contributed by atoms with Gasteiger partial charge < -0.3 is 10.2 Å². The zero-order chi connectivity index (χ0) is 12.8. The van der Waals surface area contributed by atoms with E-state index in [2.05, 4.69) is 10.3 Å². The second-order valence-corrected chi connectivity index (χ2v) is 3.99. The van der Waals surface area contributed by atoms with Crippen molar-refractivity contribution in [1.82, 2.24) is 15.0 Å². The quantitative estimate of drug-likeness (QED) is 0.737. The Bertz CT molecular complexity index is 372. The van der Waals surface area contributed by atoms with Gasteiger partial charge in [-0.2, -0.15) is 0 Å². The number of aliphatic hydroxyl groups excluding tert-OH is 1. The monoisotopic (exact) mass is 241 g/mol. The average molecular weight is 241 g/mol. The molecule has 0 spiro atoms. The summed E-state index contributed by atoms with van der Waals surface area (Å²) >= 11 is 0. The fourth-order valence-electron chi connectivity index (χ4n) is 1.80. The highest BCUT2D eigenvalue weighted by molar-refractivity contribution is 5.69. The van der Waals surface area contributed by atoms with Gasteiger partial charge in [0.15, 0.2) is 0 Å². The molecule has 0 aliphatic heterocycles. The smallest absolute Gasteiger partial charge is 0.309 e. The highest BCUT2D eigenvalue weighted by Crippen LogP contribution is 2.17. The van der Waals surface area contributed by atoms with E-state index in [9.17, 15) is 9.90 Å². The molecule has 17 heavy (non-hydrogen) atoms. The molecule has 1 aromatic rings. The summed E-state index contributed by atoms with van der Waals surface area (Å²) in [5, 5.41) is 25.9. The van der Waals surface area contributed by atoms with Crippen LogP contribution in [0.1, 0.15) is 44.1 Å². The summed E-state index contributed by atoms with van der Waals surface area (Å²) in [7, 11) is 0. The van der Waals surface area contributed by atoms with E-state index >= 15 is 0 Å². The van der Waals surface area contributed by atoms with Crippen molar-refractivity contribution >= 4 is 5.97 Å². The highest BCUT2D eigenvalue weighted by Gasteiger charge is 2.19. The summed E-state index contributed by atoms with van der Waals surface area (Å²) in [6.07, 6.45) is 2.24. The maximum atomic E-state index is 10.7. The molecule has 0 saturated heterocycles. The van der Waals surface area contributed by atoms with Crippen LogP contribution < -0.4 is 0 Å². The normalized spacial score (nSPS) is 12.6. The molecule has 1 heterocycles. The molecule has 0 aliphatic carbocycles. The summed E-state index contributed by atoms with van der Waals surface area (Å²) < 4.78 is 1.67. The Morgan fingerprint density at radius 2 is 2.18 bits per heavy atom. The Kier molecular flexibility index (Phi) is 5.09. The molecule has 96 valence electrons. The van der Waals surface area contributed by atoms with Gasteiger partial charge in [-0.25, -0.2) is 4.68 Å². The molecule has 0 aromatic carbocycles. The van der Waals surface area contributed by atoms with Gasteiger partial charge >= 0.3 is 5.97 Å². The third-order valence-corrected chi connectivity index (χ3v) is 2.70. The minimum Gasteiger partial charge on any atom is -0.481 e. The summed E-state index contributed by atoms with van der Waals surface area (Å²) in [6.45, 7) is 3.96. The number of aliphatic hydroxyl groups is 1. The second-order valence-electron chi connectivity index (χ2n) is 3.99. The van der Waals surface area contributed by atoms with Crippen LogP contribution >= 0.6 is 0 Å². The number of carboxylic acids is 1. The van der Waals surface area contributed by atoms with E-state index in [1.54, 1.807) is 4.68 Å². The van der Waals surface area contributed by atoms with Crippen LogP contribution in [0.2, 0.25) is 0 Å². The summed E-state index contributed by atoms with van der Waals surface area (Å²) in [6, 6.07) is -0.119. The number of hydrogen-bond donors (Lipinski definition) is 2. The zero-order valence-electron chi connectivity index (χ0n) is 10.3. The Labute approximate surface area is 100 Å². The van der Waals surface area contributed by atoms with E-state index in [1.165, 1.54) is 0 Å². The first-order valence-electron chi connectivity index (χ1n) is 5.89. The first-order valence-corrected chi connectivity index (χ1v) is 5.89. The Morgan fingerprint density at radius 3 is 2.65 bits per heavy atom. The number of carboxylic acid groups (broad SMARTS) is 1. The Balaban J connectivity index is 3.04. The molecule has 6 nitrogen and oxygen atoms in total. The summed E-state index contributed by atoms with van der Waals surface area (Å²) in [4.78, 5) is 10.7. The summed E-state index contributed by atoms with van der Waals surface area (Å²) in [5.41, 5.74) is 1.34. The Morgan fingerprint density at radius 1 is 1.47 bits per heavy atom. The van der Waals surface area contributed by atoms with E-state index in [4.69, 9.17) is 5.11 Å². The van der Waals surface area contributed by atoms with Crippen LogP contribution in [0, 0.1) is 0 Å². The predicted molar refractivity (Wildman–Crippen MR) is 61.8 cm³/mol. The number of hydrogen-bond acceptors (Lipinski definition) is 4. The molecule has 1 aromatic heterocycles. The fourth-order valence-corrected chi connectivity index (χ4v) is 1.80. The van der Waals surface area contributed by atoms with E-state index < -0.39 is 5.97 Å². The van der Waals surface area contributed by atoms with Crippen LogP contribution in [-0.4, -0.2) is 37.8 Å². The zero-order valence-corrected chi connectivity index (χ0v) is 10.3. The molecule has 1 atom stereocenters. The number of nitrogens with zero attached hydrogens (tertiary/aromatic N) is 3. The SMILES string of the molecule is CCCc1c(CC(=O)O)nnn1C(CC)CO. The number of rotatable bonds is 7. The van der Waals surface area contributed by atoms with Gasteiger partial charge in [0.05, 0.1) is 30.5 Å².